The molecule has 0 aliphatic rings. The molecule has 6 nitrogen and oxygen atoms in total. The van der Waals surface area contributed by atoms with Crippen molar-refractivity contribution in [2.45, 2.75) is 0 Å². The van der Waals surface area contributed by atoms with Crippen molar-refractivity contribution >= 4 is 166 Å². The quantitative estimate of drug-likeness (QED) is 0.0378. The van der Waals surface area contributed by atoms with Gasteiger partial charge in [0.05, 0.1) is 0 Å². The third-order valence-electron chi connectivity index (χ3n) is 19.2. The Balaban J connectivity index is 1.18. The molecule has 0 aliphatic carbocycles. The second-order valence-electron chi connectivity index (χ2n) is 25.3. The van der Waals surface area contributed by atoms with Gasteiger partial charge in [0.2, 0.25) is 0 Å². The summed E-state index contributed by atoms with van der Waals surface area (Å²) < 4.78 is 56.7. The summed E-state index contributed by atoms with van der Waals surface area (Å²) in [4.78, 5) is 0. The molecule has 0 saturated carbocycles. The van der Waals surface area contributed by atoms with Gasteiger partial charge in [0, 0.05) is 0 Å². The summed E-state index contributed by atoms with van der Waals surface area (Å²) in [6.07, 6.45) is 0. The molecule has 0 amide bonds. The summed E-state index contributed by atoms with van der Waals surface area (Å²) in [6.45, 7) is 0. The van der Waals surface area contributed by atoms with Crippen LogP contribution in [0.25, 0.3) is 0 Å². The SMILES string of the molecule is c1ccc([Si]([O][Pb]([O][Si](c2ccccc2)(c2ccccc2)c2ccccc2)[O][Pb]([O][Si](c2ccccc2)(c2ccccc2)c2ccccc2)([O][Si](c2ccccc2)(c2ccccc2)c2ccccc2)[O][Si](c2ccccc2)(c2ccccc2)c2ccccc2)(c2ccccc2)c2ccccc2)cc1. The molecule has 0 aliphatic heterocycles. The molecule has 0 saturated heterocycles. The minimum atomic E-state index is -7.40. The van der Waals surface area contributed by atoms with Gasteiger partial charge < -0.3 is 0 Å². The van der Waals surface area contributed by atoms with Crippen LogP contribution in [-0.4, -0.2) is 88.6 Å². The molecule has 499 valence electrons. The standard InChI is InChI=1S/5C18H15OSi.O.2Pb/c5*19-20(16-10-4-1-5-11-16,17-12-6-2-7-13-17)18-14-8-3-9-15-18;;;/h5*1-15H;;;/q5*-1;;+2;+3. The fourth-order valence-electron chi connectivity index (χ4n) is 14.6. The summed E-state index contributed by atoms with van der Waals surface area (Å²) in [5, 5.41) is 14.9. The Hall–Kier alpha value is -9.01. The molecule has 0 atom stereocenters. The molecular weight excluding hydrogens is 1730 g/mol. The first-order chi connectivity index (χ1) is 51.0. The van der Waals surface area contributed by atoms with Crippen LogP contribution < -0.4 is 77.8 Å². The van der Waals surface area contributed by atoms with Crippen LogP contribution in [0.3, 0.4) is 0 Å². The molecule has 0 unspecified atom stereocenters. The van der Waals surface area contributed by atoms with Gasteiger partial charge in [-0.2, -0.15) is 0 Å². The Morgan fingerprint density at radius 2 is 0.252 bits per heavy atom. The number of benzene rings is 15. The van der Waals surface area contributed by atoms with Gasteiger partial charge in [-0.25, -0.2) is 0 Å². The second kappa shape index (κ2) is 32.3. The normalized spacial score (nSPS) is 12.2. The van der Waals surface area contributed by atoms with Crippen molar-refractivity contribution in [1.82, 2.24) is 0 Å². The summed E-state index contributed by atoms with van der Waals surface area (Å²) in [5.74, 6) is 0. The molecular formula is C90H75O6Pb2Si5. The predicted molar refractivity (Wildman–Crippen MR) is 438 cm³/mol. The summed E-state index contributed by atoms with van der Waals surface area (Å²) in [6, 6.07) is 162. The van der Waals surface area contributed by atoms with Crippen molar-refractivity contribution < 1.29 is 12.5 Å². The Labute approximate surface area is 627 Å². The first-order valence-corrected chi connectivity index (χ1v) is 55.5. The molecule has 0 spiro atoms. The van der Waals surface area contributed by atoms with Gasteiger partial charge in [-0.3, -0.25) is 0 Å². The van der Waals surface area contributed by atoms with Crippen LogP contribution in [0.1, 0.15) is 0 Å². The summed E-state index contributed by atoms with van der Waals surface area (Å²) in [5.41, 5.74) is 0. The van der Waals surface area contributed by atoms with Gasteiger partial charge in [-0.1, -0.05) is 0 Å². The zero-order chi connectivity index (χ0) is 69.5. The van der Waals surface area contributed by atoms with E-state index in [1.807, 2.05) is 0 Å². The van der Waals surface area contributed by atoms with Crippen molar-refractivity contribution in [3.05, 3.63) is 455 Å². The van der Waals surface area contributed by atoms with Crippen LogP contribution in [0.4, 0.5) is 0 Å². The van der Waals surface area contributed by atoms with Crippen LogP contribution in [0.5, 0.6) is 0 Å². The molecule has 0 N–H and O–H groups in total. The van der Waals surface area contributed by atoms with Crippen LogP contribution in [0.15, 0.2) is 455 Å². The molecule has 15 aromatic carbocycles. The van der Waals surface area contributed by atoms with Crippen LogP contribution >= 0.6 is 0 Å². The van der Waals surface area contributed by atoms with E-state index in [-0.39, 0.29) is 0 Å². The molecule has 0 bridgehead atoms. The Morgan fingerprint density at radius 1 is 0.146 bits per heavy atom. The number of hydrogen-bond donors (Lipinski definition) is 0. The van der Waals surface area contributed by atoms with E-state index < -0.39 is 88.6 Å². The van der Waals surface area contributed by atoms with Gasteiger partial charge in [-0.15, -0.1) is 0 Å². The number of rotatable bonds is 27. The van der Waals surface area contributed by atoms with E-state index in [4.69, 9.17) is 0 Å². The molecule has 1 radical (unpaired) electrons. The monoisotopic (exact) mass is 1810 g/mol. The van der Waals surface area contributed by atoms with E-state index >= 15 is 0 Å². The van der Waals surface area contributed by atoms with Crippen molar-refractivity contribution in [2.75, 3.05) is 0 Å². The predicted octanol–water partition coefficient (Wildman–Crippen LogP) is 9.84. The van der Waals surface area contributed by atoms with Crippen molar-refractivity contribution in [3.63, 3.8) is 0 Å². The molecule has 15 aromatic rings. The van der Waals surface area contributed by atoms with Crippen LogP contribution in [0, 0.1) is 0 Å². The topological polar surface area (TPSA) is 55.4 Å². The van der Waals surface area contributed by atoms with Crippen LogP contribution in [0.2, 0.25) is 0 Å². The van der Waals surface area contributed by atoms with Gasteiger partial charge in [-0.05, 0) is 0 Å². The fraction of sp³-hybridized carbons (Fsp3) is 0. The fourth-order valence-corrected chi connectivity index (χ4v) is 111. The van der Waals surface area contributed by atoms with Gasteiger partial charge >= 0.3 is 634 Å². The average molecular weight is 1810 g/mol. The van der Waals surface area contributed by atoms with Gasteiger partial charge in [0.25, 0.3) is 0 Å². The van der Waals surface area contributed by atoms with E-state index in [0.717, 1.165) is 77.8 Å². The molecule has 0 aromatic heterocycles. The van der Waals surface area contributed by atoms with E-state index in [9.17, 15) is 12.5 Å². The zero-order valence-electron chi connectivity index (χ0n) is 56.8. The zero-order valence-corrected chi connectivity index (χ0v) is 69.5. The molecule has 15 rings (SSSR count). The Kier molecular flexibility index (Phi) is 21.9. The van der Waals surface area contributed by atoms with E-state index in [1.165, 1.54) is 0 Å². The second-order valence-corrected chi connectivity index (χ2v) is 67.2. The maximum atomic E-state index is 9.61. The molecule has 0 fully saturated rings. The molecule has 103 heavy (non-hydrogen) atoms. The molecule has 13 heteroatoms. The first kappa shape index (κ1) is 69.7. The summed E-state index contributed by atoms with van der Waals surface area (Å²) >= 11 is -13.1. The van der Waals surface area contributed by atoms with E-state index in [0.29, 0.717) is 0 Å². The van der Waals surface area contributed by atoms with Gasteiger partial charge in [0.15, 0.2) is 0 Å². The minimum absolute atomic E-state index is 0.975. The Morgan fingerprint density at radius 3 is 0.369 bits per heavy atom. The van der Waals surface area contributed by atoms with Crippen LogP contribution in [-0.2, 0) is 12.5 Å². The maximum absolute atomic E-state index is 9.61. The van der Waals surface area contributed by atoms with Gasteiger partial charge in [0.1, 0.15) is 0 Å². The third-order valence-corrected chi connectivity index (χ3v) is 85.4. The molecule has 0 heterocycles. The summed E-state index contributed by atoms with van der Waals surface area (Å²) in [7, 11) is -20.6. The Bertz CT molecular complexity index is 4160. The third kappa shape index (κ3) is 14.1. The van der Waals surface area contributed by atoms with Crippen molar-refractivity contribution in [1.29, 1.82) is 0 Å². The van der Waals surface area contributed by atoms with Crippen molar-refractivity contribution in [3.8, 4) is 0 Å². The van der Waals surface area contributed by atoms with Crippen molar-refractivity contribution in [2.24, 2.45) is 0 Å². The number of hydrogen-bond acceptors (Lipinski definition) is 6. The van der Waals surface area contributed by atoms with E-state index in [2.05, 4.69) is 455 Å². The average Bonchev–Trinajstić information content (AvgIpc) is 0.710. The first-order valence-electron chi connectivity index (χ1n) is 34.9. The van der Waals surface area contributed by atoms with E-state index in [1.54, 1.807) is 0 Å².